The van der Waals surface area contributed by atoms with Crippen molar-refractivity contribution in [3.63, 3.8) is 0 Å². The zero-order valence-electron chi connectivity index (χ0n) is 12.6. The number of ether oxygens (including phenoxy) is 2. The standard InChI is InChI=1S/C17H19NO3/c1-4-7-21-15-9-14(10-18-11-15)17(19)13-5-6-16(20-3)12(2)8-13/h5-6,8-11H,4,7H2,1-3H3. The van der Waals surface area contributed by atoms with Crippen molar-refractivity contribution in [3.05, 3.63) is 53.3 Å². The molecule has 1 aromatic heterocycles. The number of carbonyl (C=O) groups is 1. The van der Waals surface area contributed by atoms with Crippen molar-refractivity contribution in [3.8, 4) is 11.5 Å². The van der Waals surface area contributed by atoms with Gasteiger partial charge in [-0.25, -0.2) is 0 Å². The van der Waals surface area contributed by atoms with E-state index in [0.717, 1.165) is 17.7 Å². The minimum atomic E-state index is -0.0739. The molecule has 0 aliphatic heterocycles. The Balaban J connectivity index is 2.25. The predicted molar refractivity (Wildman–Crippen MR) is 81.2 cm³/mol. The van der Waals surface area contributed by atoms with Crippen molar-refractivity contribution in [2.45, 2.75) is 20.3 Å². The molecule has 4 heteroatoms. The molecule has 0 aliphatic rings. The number of hydrogen-bond acceptors (Lipinski definition) is 4. The summed E-state index contributed by atoms with van der Waals surface area (Å²) in [5.74, 6) is 1.31. The highest BCUT2D eigenvalue weighted by Crippen LogP contribution is 2.21. The molecule has 1 aromatic carbocycles. The number of ketones is 1. The van der Waals surface area contributed by atoms with Crippen molar-refractivity contribution in [1.82, 2.24) is 4.98 Å². The van der Waals surface area contributed by atoms with Gasteiger partial charge in [-0.2, -0.15) is 0 Å². The number of rotatable bonds is 6. The summed E-state index contributed by atoms with van der Waals surface area (Å²) < 4.78 is 10.7. The van der Waals surface area contributed by atoms with Gasteiger partial charge in [0.1, 0.15) is 11.5 Å². The van der Waals surface area contributed by atoms with Gasteiger partial charge >= 0.3 is 0 Å². The van der Waals surface area contributed by atoms with Gasteiger partial charge in [-0.15, -0.1) is 0 Å². The summed E-state index contributed by atoms with van der Waals surface area (Å²) >= 11 is 0. The van der Waals surface area contributed by atoms with E-state index in [4.69, 9.17) is 9.47 Å². The van der Waals surface area contributed by atoms with Crippen LogP contribution in [0.3, 0.4) is 0 Å². The molecule has 0 amide bonds. The molecule has 0 N–H and O–H groups in total. The van der Waals surface area contributed by atoms with Crippen molar-refractivity contribution in [1.29, 1.82) is 0 Å². The van der Waals surface area contributed by atoms with E-state index < -0.39 is 0 Å². The molecule has 0 radical (unpaired) electrons. The van der Waals surface area contributed by atoms with Gasteiger partial charge in [0.05, 0.1) is 19.9 Å². The fraction of sp³-hybridized carbons (Fsp3) is 0.294. The minimum absolute atomic E-state index is 0.0739. The van der Waals surface area contributed by atoms with Crippen molar-refractivity contribution >= 4 is 5.78 Å². The average Bonchev–Trinajstić information content (AvgIpc) is 2.52. The van der Waals surface area contributed by atoms with Crippen LogP contribution in [0.1, 0.15) is 34.8 Å². The van der Waals surface area contributed by atoms with E-state index >= 15 is 0 Å². The SMILES string of the molecule is CCCOc1cncc(C(=O)c2ccc(OC)c(C)c2)c1. The highest BCUT2D eigenvalue weighted by molar-refractivity contribution is 6.09. The van der Waals surface area contributed by atoms with E-state index in [0.29, 0.717) is 23.5 Å². The number of hydrogen-bond donors (Lipinski definition) is 0. The van der Waals surface area contributed by atoms with Gasteiger partial charge in [0, 0.05) is 17.3 Å². The molecule has 110 valence electrons. The molecule has 0 fully saturated rings. The van der Waals surface area contributed by atoms with E-state index in [1.807, 2.05) is 19.9 Å². The third-order valence-electron chi connectivity index (χ3n) is 3.11. The monoisotopic (exact) mass is 285 g/mol. The topological polar surface area (TPSA) is 48.4 Å². The molecule has 0 aliphatic carbocycles. The predicted octanol–water partition coefficient (Wildman–Crippen LogP) is 3.42. The number of carbonyl (C=O) groups excluding carboxylic acids is 1. The summed E-state index contributed by atoms with van der Waals surface area (Å²) in [6.45, 7) is 4.55. The lowest BCUT2D eigenvalue weighted by Crippen LogP contribution is -2.04. The first kappa shape index (κ1) is 15.0. The second kappa shape index (κ2) is 6.88. The molecule has 0 saturated heterocycles. The number of pyridine rings is 1. The van der Waals surface area contributed by atoms with Crippen molar-refractivity contribution in [2.24, 2.45) is 0 Å². The second-order valence-electron chi connectivity index (χ2n) is 4.77. The maximum Gasteiger partial charge on any atom is 0.194 e. The van der Waals surface area contributed by atoms with Crippen molar-refractivity contribution in [2.75, 3.05) is 13.7 Å². The summed E-state index contributed by atoms with van der Waals surface area (Å²) in [6.07, 6.45) is 4.09. The Kier molecular flexibility index (Phi) is 4.93. The fourth-order valence-corrected chi connectivity index (χ4v) is 2.03. The summed E-state index contributed by atoms with van der Waals surface area (Å²) in [6, 6.07) is 7.10. The molecule has 0 unspecified atom stereocenters. The normalized spacial score (nSPS) is 10.2. The van der Waals surface area contributed by atoms with Crippen LogP contribution in [0.4, 0.5) is 0 Å². The maximum atomic E-state index is 12.5. The van der Waals surface area contributed by atoms with Crippen LogP contribution in [0.15, 0.2) is 36.7 Å². The molecule has 0 saturated carbocycles. The van der Waals surface area contributed by atoms with Crippen LogP contribution in [0.2, 0.25) is 0 Å². The van der Waals surface area contributed by atoms with Crippen LogP contribution in [0.5, 0.6) is 11.5 Å². The first-order valence-corrected chi connectivity index (χ1v) is 6.93. The summed E-state index contributed by atoms with van der Waals surface area (Å²) in [5.41, 5.74) is 2.06. The lowest BCUT2D eigenvalue weighted by molar-refractivity contribution is 0.103. The van der Waals surface area contributed by atoms with Gasteiger partial charge in [-0.1, -0.05) is 6.92 Å². The lowest BCUT2D eigenvalue weighted by atomic mass is 10.0. The number of methoxy groups -OCH3 is 1. The number of nitrogens with zero attached hydrogens (tertiary/aromatic N) is 1. The Morgan fingerprint density at radius 1 is 1.19 bits per heavy atom. The molecule has 4 nitrogen and oxygen atoms in total. The van der Waals surface area contributed by atoms with Crippen LogP contribution < -0.4 is 9.47 Å². The molecule has 2 rings (SSSR count). The summed E-state index contributed by atoms with van der Waals surface area (Å²) in [5, 5.41) is 0. The Morgan fingerprint density at radius 3 is 2.67 bits per heavy atom. The Hall–Kier alpha value is -2.36. The fourth-order valence-electron chi connectivity index (χ4n) is 2.03. The molecular formula is C17H19NO3. The molecule has 0 atom stereocenters. The van der Waals surface area contributed by atoms with Gasteiger partial charge in [-0.3, -0.25) is 9.78 Å². The lowest BCUT2D eigenvalue weighted by Gasteiger charge is -2.08. The summed E-state index contributed by atoms with van der Waals surface area (Å²) in [7, 11) is 1.61. The minimum Gasteiger partial charge on any atom is -0.496 e. The molecule has 1 heterocycles. The number of aromatic nitrogens is 1. The van der Waals surface area contributed by atoms with Crippen LogP contribution in [-0.2, 0) is 0 Å². The van der Waals surface area contributed by atoms with E-state index in [1.165, 1.54) is 0 Å². The Bertz CT molecular complexity index is 638. The Morgan fingerprint density at radius 2 is 2.00 bits per heavy atom. The van der Waals surface area contributed by atoms with E-state index in [2.05, 4.69) is 4.98 Å². The molecule has 21 heavy (non-hydrogen) atoms. The molecule has 2 aromatic rings. The highest BCUT2D eigenvalue weighted by Gasteiger charge is 2.12. The zero-order valence-corrected chi connectivity index (χ0v) is 12.6. The number of aryl methyl sites for hydroxylation is 1. The van der Waals surface area contributed by atoms with Gasteiger partial charge in [0.2, 0.25) is 0 Å². The van der Waals surface area contributed by atoms with Gasteiger partial charge < -0.3 is 9.47 Å². The van der Waals surface area contributed by atoms with E-state index in [1.54, 1.807) is 37.7 Å². The first-order chi connectivity index (χ1) is 10.2. The average molecular weight is 285 g/mol. The third kappa shape index (κ3) is 3.60. The van der Waals surface area contributed by atoms with Gasteiger partial charge in [0.25, 0.3) is 0 Å². The third-order valence-corrected chi connectivity index (χ3v) is 3.11. The van der Waals surface area contributed by atoms with Crippen LogP contribution in [0, 0.1) is 6.92 Å². The zero-order chi connectivity index (χ0) is 15.2. The van der Waals surface area contributed by atoms with E-state index in [9.17, 15) is 4.79 Å². The van der Waals surface area contributed by atoms with Crippen LogP contribution in [0.25, 0.3) is 0 Å². The van der Waals surface area contributed by atoms with Crippen LogP contribution in [-0.4, -0.2) is 24.5 Å². The molecule has 0 spiro atoms. The van der Waals surface area contributed by atoms with Crippen LogP contribution >= 0.6 is 0 Å². The quantitative estimate of drug-likeness (QED) is 0.763. The molecular weight excluding hydrogens is 266 g/mol. The van der Waals surface area contributed by atoms with Gasteiger partial charge in [0.15, 0.2) is 5.78 Å². The van der Waals surface area contributed by atoms with Crippen molar-refractivity contribution < 1.29 is 14.3 Å². The summed E-state index contributed by atoms with van der Waals surface area (Å²) in [4.78, 5) is 16.6. The maximum absolute atomic E-state index is 12.5. The first-order valence-electron chi connectivity index (χ1n) is 6.93. The highest BCUT2D eigenvalue weighted by atomic mass is 16.5. The number of benzene rings is 1. The van der Waals surface area contributed by atoms with E-state index in [-0.39, 0.29) is 5.78 Å². The largest absolute Gasteiger partial charge is 0.496 e. The second-order valence-corrected chi connectivity index (χ2v) is 4.77. The van der Waals surface area contributed by atoms with Gasteiger partial charge in [-0.05, 0) is 43.2 Å². The smallest absolute Gasteiger partial charge is 0.194 e. The molecule has 0 bridgehead atoms. The Labute approximate surface area is 124 Å².